The third kappa shape index (κ3) is 4.10. The predicted octanol–water partition coefficient (Wildman–Crippen LogP) is 3.60. The fourth-order valence-electron chi connectivity index (χ4n) is 3.45. The van der Waals surface area contributed by atoms with Gasteiger partial charge in [-0.25, -0.2) is 0 Å². The Balaban J connectivity index is 2.04. The van der Waals surface area contributed by atoms with Crippen LogP contribution < -0.4 is 19.8 Å². The zero-order chi connectivity index (χ0) is 21.8. The van der Waals surface area contributed by atoms with Gasteiger partial charge in [-0.3, -0.25) is 9.59 Å². The van der Waals surface area contributed by atoms with E-state index in [1.165, 1.54) is 21.3 Å². The van der Waals surface area contributed by atoms with Crippen molar-refractivity contribution in [3.8, 4) is 17.2 Å². The van der Waals surface area contributed by atoms with Crippen LogP contribution in [0.25, 0.3) is 10.9 Å². The van der Waals surface area contributed by atoms with Gasteiger partial charge in [0.1, 0.15) is 0 Å². The Labute approximate surface area is 175 Å². The standard InChI is InChI=1S/C23H26N2O5/c1-14(2)25(13-16-12-21(26)24-18-9-7-6-8-17(16)18)23(27)15-10-19(28-3)22(30-5)20(11-15)29-4/h6-12,14H,13H2,1-5H3,(H,24,26). The number of para-hydroxylation sites is 1. The number of amides is 1. The predicted molar refractivity (Wildman–Crippen MR) is 116 cm³/mol. The fraction of sp³-hybridized carbons (Fsp3) is 0.304. The van der Waals surface area contributed by atoms with Crippen molar-refractivity contribution >= 4 is 16.8 Å². The van der Waals surface area contributed by atoms with E-state index < -0.39 is 0 Å². The number of nitrogens with one attached hydrogen (secondary N) is 1. The van der Waals surface area contributed by atoms with Crippen molar-refractivity contribution in [3.05, 3.63) is 63.9 Å². The number of H-pyrrole nitrogens is 1. The van der Waals surface area contributed by atoms with Crippen LogP contribution in [-0.4, -0.2) is 43.2 Å². The molecule has 0 spiro atoms. The van der Waals surface area contributed by atoms with E-state index in [-0.39, 0.29) is 24.1 Å². The molecule has 1 aromatic heterocycles. The monoisotopic (exact) mass is 410 g/mol. The lowest BCUT2D eigenvalue weighted by Crippen LogP contribution is -2.36. The van der Waals surface area contributed by atoms with Gasteiger partial charge in [-0.2, -0.15) is 0 Å². The highest BCUT2D eigenvalue weighted by Crippen LogP contribution is 2.38. The maximum Gasteiger partial charge on any atom is 0.254 e. The third-order valence-corrected chi connectivity index (χ3v) is 4.97. The molecule has 0 saturated heterocycles. The topological polar surface area (TPSA) is 80.9 Å². The maximum absolute atomic E-state index is 13.4. The summed E-state index contributed by atoms with van der Waals surface area (Å²) in [5.74, 6) is 1.04. The zero-order valence-electron chi connectivity index (χ0n) is 17.8. The number of hydrogen-bond donors (Lipinski definition) is 1. The van der Waals surface area contributed by atoms with Crippen LogP contribution in [-0.2, 0) is 6.54 Å². The van der Waals surface area contributed by atoms with E-state index in [1.54, 1.807) is 23.1 Å². The summed E-state index contributed by atoms with van der Waals surface area (Å²) in [5, 5.41) is 0.903. The lowest BCUT2D eigenvalue weighted by molar-refractivity contribution is 0.0690. The molecule has 0 fully saturated rings. The summed E-state index contributed by atoms with van der Waals surface area (Å²) < 4.78 is 16.1. The van der Waals surface area contributed by atoms with Crippen molar-refractivity contribution < 1.29 is 19.0 Å². The van der Waals surface area contributed by atoms with Crippen LogP contribution in [0.2, 0.25) is 0 Å². The van der Waals surface area contributed by atoms with Crippen molar-refractivity contribution in [2.75, 3.05) is 21.3 Å². The molecule has 0 radical (unpaired) electrons. The maximum atomic E-state index is 13.4. The van der Waals surface area contributed by atoms with Crippen molar-refractivity contribution in [1.82, 2.24) is 9.88 Å². The van der Waals surface area contributed by atoms with Crippen LogP contribution in [0, 0.1) is 0 Å². The van der Waals surface area contributed by atoms with Crippen LogP contribution in [0.15, 0.2) is 47.3 Å². The number of ether oxygens (including phenoxy) is 3. The number of aromatic amines is 1. The average Bonchev–Trinajstić information content (AvgIpc) is 2.75. The number of rotatable bonds is 7. The molecule has 0 aliphatic heterocycles. The normalized spacial score (nSPS) is 10.9. The van der Waals surface area contributed by atoms with E-state index in [4.69, 9.17) is 14.2 Å². The van der Waals surface area contributed by atoms with E-state index in [9.17, 15) is 9.59 Å². The molecule has 0 aliphatic carbocycles. The number of fused-ring (bicyclic) bond motifs is 1. The molecule has 1 heterocycles. The number of pyridine rings is 1. The van der Waals surface area contributed by atoms with E-state index in [0.717, 1.165) is 16.5 Å². The summed E-state index contributed by atoms with van der Waals surface area (Å²) in [4.78, 5) is 30.1. The van der Waals surface area contributed by atoms with Crippen molar-refractivity contribution in [3.63, 3.8) is 0 Å². The smallest absolute Gasteiger partial charge is 0.254 e. The fourth-order valence-corrected chi connectivity index (χ4v) is 3.45. The van der Waals surface area contributed by atoms with Gasteiger partial charge in [0, 0.05) is 35.1 Å². The molecule has 0 unspecified atom stereocenters. The van der Waals surface area contributed by atoms with Crippen LogP contribution >= 0.6 is 0 Å². The minimum absolute atomic E-state index is 0.102. The van der Waals surface area contributed by atoms with E-state index in [0.29, 0.717) is 22.8 Å². The first-order chi connectivity index (χ1) is 14.4. The molecule has 7 heteroatoms. The number of methoxy groups -OCH3 is 3. The second-order valence-corrected chi connectivity index (χ2v) is 7.15. The molecular weight excluding hydrogens is 384 g/mol. The third-order valence-electron chi connectivity index (χ3n) is 4.97. The Bertz CT molecular complexity index is 1100. The van der Waals surface area contributed by atoms with E-state index in [2.05, 4.69) is 4.98 Å². The second kappa shape index (κ2) is 8.90. The summed E-state index contributed by atoms with van der Waals surface area (Å²) in [6, 6.07) is 12.3. The quantitative estimate of drug-likeness (QED) is 0.644. The summed E-state index contributed by atoms with van der Waals surface area (Å²) in [6.45, 7) is 4.16. The molecule has 158 valence electrons. The molecule has 0 aliphatic rings. The number of carbonyl (C=O) groups is 1. The van der Waals surface area contributed by atoms with Gasteiger partial charge in [-0.1, -0.05) is 18.2 Å². The molecule has 30 heavy (non-hydrogen) atoms. The van der Waals surface area contributed by atoms with Gasteiger partial charge in [0.2, 0.25) is 11.3 Å². The van der Waals surface area contributed by atoms with Gasteiger partial charge in [0.05, 0.1) is 21.3 Å². The molecule has 1 N–H and O–H groups in total. The first kappa shape index (κ1) is 21.2. The second-order valence-electron chi connectivity index (χ2n) is 7.15. The molecule has 3 rings (SSSR count). The van der Waals surface area contributed by atoms with E-state index >= 15 is 0 Å². The molecule has 7 nitrogen and oxygen atoms in total. The number of aromatic nitrogens is 1. The molecule has 2 aromatic carbocycles. The van der Waals surface area contributed by atoms with Crippen molar-refractivity contribution in [2.24, 2.45) is 0 Å². The summed E-state index contributed by atoms with van der Waals surface area (Å²) in [7, 11) is 4.53. The Morgan fingerprint density at radius 2 is 1.63 bits per heavy atom. The molecule has 0 atom stereocenters. The molecule has 0 bridgehead atoms. The van der Waals surface area contributed by atoms with Gasteiger partial charge in [0.25, 0.3) is 5.91 Å². The highest BCUT2D eigenvalue weighted by Gasteiger charge is 2.24. The van der Waals surface area contributed by atoms with Crippen molar-refractivity contribution in [2.45, 2.75) is 26.4 Å². The van der Waals surface area contributed by atoms with Crippen LogP contribution in [0.5, 0.6) is 17.2 Å². The summed E-state index contributed by atoms with van der Waals surface area (Å²) in [5.41, 5.74) is 1.73. The highest BCUT2D eigenvalue weighted by atomic mass is 16.5. The first-order valence-corrected chi connectivity index (χ1v) is 9.61. The van der Waals surface area contributed by atoms with Gasteiger partial charge < -0.3 is 24.1 Å². The lowest BCUT2D eigenvalue weighted by atomic mass is 10.1. The van der Waals surface area contributed by atoms with Gasteiger partial charge in [-0.15, -0.1) is 0 Å². The Hall–Kier alpha value is -3.48. The van der Waals surface area contributed by atoms with Gasteiger partial charge >= 0.3 is 0 Å². The SMILES string of the molecule is COc1cc(C(=O)N(Cc2cc(=O)[nH]c3ccccc23)C(C)C)cc(OC)c1OC. The first-order valence-electron chi connectivity index (χ1n) is 9.61. The Kier molecular flexibility index (Phi) is 6.30. The number of carbonyl (C=O) groups excluding carboxylic acids is 1. The lowest BCUT2D eigenvalue weighted by Gasteiger charge is -2.28. The number of benzene rings is 2. The summed E-state index contributed by atoms with van der Waals surface area (Å²) in [6.07, 6.45) is 0. The van der Waals surface area contributed by atoms with Gasteiger partial charge in [-0.05, 0) is 37.6 Å². The van der Waals surface area contributed by atoms with Crippen LogP contribution in [0.3, 0.4) is 0 Å². The highest BCUT2D eigenvalue weighted by molar-refractivity contribution is 5.96. The summed E-state index contributed by atoms with van der Waals surface area (Å²) >= 11 is 0. The van der Waals surface area contributed by atoms with Crippen LogP contribution in [0.4, 0.5) is 0 Å². The van der Waals surface area contributed by atoms with E-state index in [1.807, 2.05) is 38.1 Å². The molecule has 0 saturated carbocycles. The number of hydrogen-bond acceptors (Lipinski definition) is 5. The molecule has 1 amide bonds. The number of nitrogens with zero attached hydrogens (tertiary/aromatic N) is 1. The zero-order valence-corrected chi connectivity index (χ0v) is 17.8. The molecular formula is C23H26N2O5. The minimum atomic E-state index is -0.201. The Morgan fingerprint density at radius 1 is 1.00 bits per heavy atom. The molecule has 3 aromatic rings. The van der Waals surface area contributed by atoms with Gasteiger partial charge in [0.15, 0.2) is 11.5 Å². The average molecular weight is 410 g/mol. The minimum Gasteiger partial charge on any atom is -0.493 e. The Morgan fingerprint density at radius 3 is 2.20 bits per heavy atom. The largest absolute Gasteiger partial charge is 0.493 e. The van der Waals surface area contributed by atoms with Crippen LogP contribution in [0.1, 0.15) is 29.8 Å². The van der Waals surface area contributed by atoms with Crippen molar-refractivity contribution in [1.29, 1.82) is 0 Å².